The van der Waals surface area contributed by atoms with Gasteiger partial charge in [0.05, 0.1) is 12.8 Å². The second-order valence-electron chi connectivity index (χ2n) is 2.44. The standard InChI is InChI=1S/C10H8BrNO2/c1-3-10(13)12-9-6-7(14-2)4-5-8(9)11/h1,4-6H,2H3,(H,12,13). The highest BCUT2D eigenvalue weighted by atomic mass is 79.9. The fourth-order valence-electron chi connectivity index (χ4n) is 0.886. The van der Waals surface area contributed by atoms with Crippen molar-refractivity contribution in [3.63, 3.8) is 0 Å². The summed E-state index contributed by atoms with van der Waals surface area (Å²) in [7, 11) is 1.55. The van der Waals surface area contributed by atoms with Gasteiger partial charge in [-0.1, -0.05) is 0 Å². The Balaban J connectivity index is 2.96. The van der Waals surface area contributed by atoms with Crippen LogP contribution < -0.4 is 10.1 Å². The Morgan fingerprint density at radius 1 is 1.64 bits per heavy atom. The molecule has 72 valence electrons. The van der Waals surface area contributed by atoms with Crippen LogP contribution in [-0.2, 0) is 4.79 Å². The van der Waals surface area contributed by atoms with E-state index in [2.05, 4.69) is 21.2 Å². The lowest BCUT2D eigenvalue weighted by atomic mass is 10.3. The van der Waals surface area contributed by atoms with Gasteiger partial charge in [0.15, 0.2) is 0 Å². The molecule has 0 aliphatic carbocycles. The summed E-state index contributed by atoms with van der Waals surface area (Å²) in [5.41, 5.74) is 0.590. The average molecular weight is 254 g/mol. The third-order valence-electron chi connectivity index (χ3n) is 1.55. The molecule has 1 N–H and O–H groups in total. The molecule has 0 radical (unpaired) electrons. The molecule has 0 heterocycles. The number of carbonyl (C=O) groups is 1. The number of halogens is 1. The predicted molar refractivity (Wildman–Crippen MR) is 58.2 cm³/mol. The van der Waals surface area contributed by atoms with Gasteiger partial charge < -0.3 is 10.1 Å². The second-order valence-corrected chi connectivity index (χ2v) is 3.30. The van der Waals surface area contributed by atoms with E-state index >= 15 is 0 Å². The molecule has 0 fully saturated rings. The number of ether oxygens (including phenoxy) is 1. The highest BCUT2D eigenvalue weighted by molar-refractivity contribution is 9.10. The van der Waals surface area contributed by atoms with Crippen LogP contribution in [-0.4, -0.2) is 13.0 Å². The molecule has 0 spiro atoms. The summed E-state index contributed by atoms with van der Waals surface area (Å²) in [6.45, 7) is 0. The fraction of sp³-hybridized carbons (Fsp3) is 0.100. The minimum atomic E-state index is -0.487. The van der Waals surface area contributed by atoms with Crippen molar-refractivity contribution in [1.82, 2.24) is 0 Å². The number of hydrogen-bond acceptors (Lipinski definition) is 2. The van der Waals surface area contributed by atoms with E-state index in [0.29, 0.717) is 11.4 Å². The summed E-state index contributed by atoms with van der Waals surface area (Å²) in [6, 6.07) is 5.22. The van der Waals surface area contributed by atoms with Crippen molar-refractivity contribution in [2.45, 2.75) is 0 Å². The third kappa shape index (κ3) is 2.51. The van der Waals surface area contributed by atoms with E-state index in [0.717, 1.165) is 4.47 Å². The largest absolute Gasteiger partial charge is 0.497 e. The minimum absolute atomic E-state index is 0.487. The van der Waals surface area contributed by atoms with Crippen molar-refractivity contribution in [2.24, 2.45) is 0 Å². The van der Waals surface area contributed by atoms with E-state index in [9.17, 15) is 4.79 Å². The normalized spacial score (nSPS) is 8.93. The molecule has 1 aromatic rings. The van der Waals surface area contributed by atoms with Crippen LogP contribution in [0, 0.1) is 12.3 Å². The lowest BCUT2D eigenvalue weighted by molar-refractivity contribution is -0.111. The van der Waals surface area contributed by atoms with Crippen molar-refractivity contribution in [3.8, 4) is 18.1 Å². The zero-order valence-corrected chi connectivity index (χ0v) is 9.09. The lowest BCUT2D eigenvalue weighted by Crippen LogP contribution is -2.08. The van der Waals surface area contributed by atoms with E-state index in [-0.39, 0.29) is 0 Å². The zero-order chi connectivity index (χ0) is 10.6. The van der Waals surface area contributed by atoms with E-state index in [1.165, 1.54) is 0 Å². The molecule has 0 atom stereocenters. The molecule has 1 amide bonds. The Morgan fingerprint density at radius 3 is 2.93 bits per heavy atom. The summed E-state index contributed by atoms with van der Waals surface area (Å²) in [5.74, 6) is 2.13. The maximum absolute atomic E-state index is 10.9. The third-order valence-corrected chi connectivity index (χ3v) is 2.24. The van der Waals surface area contributed by atoms with Crippen molar-refractivity contribution < 1.29 is 9.53 Å². The Kier molecular flexibility index (Phi) is 3.55. The number of terminal acetylenes is 1. The maximum atomic E-state index is 10.9. The molecule has 0 aliphatic heterocycles. The summed E-state index contributed by atoms with van der Waals surface area (Å²) in [6.07, 6.45) is 4.93. The molecule has 0 unspecified atom stereocenters. The lowest BCUT2D eigenvalue weighted by Gasteiger charge is -2.06. The summed E-state index contributed by atoms with van der Waals surface area (Å²) in [5, 5.41) is 2.53. The van der Waals surface area contributed by atoms with Crippen LogP contribution in [0.3, 0.4) is 0 Å². The van der Waals surface area contributed by atoms with Crippen molar-refractivity contribution in [2.75, 3.05) is 12.4 Å². The smallest absolute Gasteiger partial charge is 0.300 e. The molecule has 0 saturated carbocycles. The topological polar surface area (TPSA) is 38.3 Å². The molecule has 1 rings (SSSR count). The van der Waals surface area contributed by atoms with Crippen LogP contribution in [0.4, 0.5) is 5.69 Å². The summed E-state index contributed by atoms with van der Waals surface area (Å²) >= 11 is 3.28. The van der Waals surface area contributed by atoms with E-state index < -0.39 is 5.91 Å². The van der Waals surface area contributed by atoms with E-state index in [1.54, 1.807) is 25.3 Å². The Bertz CT molecular complexity index is 396. The van der Waals surface area contributed by atoms with Gasteiger partial charge in [-0.05, 0) is 34.0 Å². The first-order valence-corrected chi connectivity index (χ1v) is 4.58. The van der Waals surface area contributed by atoms with Crippen LogP contribution in [0.2, 0.25) is 0 Å². The average Bonchev–Trinajstić information content (AvgIpc) is 2.21. The SMILES string of the molecule is C#CC(=O)Nc1cc(OC)ccc1Br. The first-order chi connectivity index (χ1) is 6.67. The van der Waals surface area contributed by atoms with Crippen LogP contribution in [0.5, 0.6) is 5.75 Å². The number of rotatable bonds is 2. The molecule has 1 aromatic carbocycles. The summed E-state index contributed by atoms with van der Waals surface area (Å²) < 4.78 is 5.75. The summed E-state index contributed by atoms with van der Waals surface area (Å²) in [4.78, 5) is 10.9. The number of amides is 1. The van der Waals surface area contributed by atoms with Crippen molar-refractivity contribution >= 4 is 27.5 Å². The van der Waals surface area contributed by atoms with Gasteiger partial charge >= 0.3 is 0 Å². The van der Waals surface area contributed by atoms with Crippen molar-refractivity contribution in [1.29, 1.82) is 0 Å². The number of benzene rings is 1. The van der Waals surface area contributed by atoms with Crippen LogP contribution >= 0.6 is 15.9 Å². The Labute approximate surface area is 90.6 Å². The number of nitrogens with one attached hydrogen (secondary N) is 1. The van der Waals surface area contributed by atoms with Gasteiger partial charge in [0, 0.05) is 10.5 Å². The van der Waals surface area contributed by atoms with Crippen LogP contribution in [0.1, 0.15) is 0 Å². The minimum Gasteiger partial charge on any atom is -0.497 e. The zero-order valence-electron chi connectivity index (χ0n) is 7.50. The van der Waals surface area contributed by atoms with Gasteiger partial charge in [-0.15, -0.1) is 6.42 Å². The highest BCUT2D eigenvalue weighted by Gasteiger charge is 2.04. The van der Waals surface area contributed by atoms with Gasteiger partial charge in [-0.2, -0.15) is 0 Å². The van der Waals surface area contributed by atoms with Gasteiger partial charge in [0.2, 0.25) is 0 Å². The van der Waals surface area contributed by atoms with E-state index in [1.807, 2.05) is 5.92 Å². The van der Waals surface area contributed by atoms with E-state index in [4.69, 9.17) is 11.2 Å². The van der Waals surface area contributed by atoms with Gasteiger partial charge in [-0.3, -0.25) is 4.79 Å². The molecule has 0 bridgehead atoms. The Hall–Kier alpha value is -1.47. The number of carbonyl (C=O) groups excluding carboxylic acids is 1. The number of hydrogen-bond donors (Lipinski definition) is 1. The number of anilines is 1. The number of methoxy groups -OCH3 is 1. The quantitative estimate of drug-likeness (QED) is 0.820. The molecule has 0 saturated heterocycles. The highest BCUT2D eigenvalue weighted by Crippen LogP contribution is 2.26. The molecular weight excluding hydrogens is 246 g/mol. The molecule has 14 heavy (non-hydrogen) atoms. The Morgan fingerprint density at radius 2 is 2.36 bits per heavy atom. The second kappa shape index (κ2) is 4.68. The van der Waals surface area contributed by atoms with Crippen molar-refractivity contribution in [3.05, 3.63) is 22.7 Å². The maximum Gasteiger partial charge on any atom is 0.300 e. The van der Waals surface area contributed by atoms with Crippen LogP contribution in [0.15, 0.2) is 22.7 Å². The van der Waals surface area contributed by atoms with Gasteiger partial charge in [-0.25, -0.2) is 0 Å². The first kappa shape index (κ1) is 10.6. The monoisotopic (exact) mass is 253 g/mol. The predicted octanol–water partition coefficient (Wildman–Crippen LogP) is 2.03. The van der Waals surface area contributed by atoms with Gasteiger partial charge in [0.25, 0.3) is 5.91 Å². The molecule has 3 nitrogen and oxygen atoms in total. The first-order valence-electron chi connectivity index (χ1n) is 3.78. The molecule has 0 aliphatic rings. The molecular formula is C10H8BrNO2. The van der Waals surface area contributed by atoms with Gasteiger partial charge in [0.1, 0.15) is 5.75 Å². The molecule has 0 aromatic heterocycles. The van der Waals surface area contributed by atoms with Crippen LogP contribution in [0.25, 0.3) is 0 Å². The fourth-order valence-corrected chi connectivity index (χ4v) is 1.23. The molecule has 4 heteroatoms.